The first-order valence-electron chi connectivity index (χ1n) is 10.7. The lowest BCUT2D eigenvalue weighted by Crippen LogP contribution is -2.49. The third kappa shape index (κ3) is 3.08. The zero-order valence-corrected chi connectivity index (χ0v) is 17.4. The Labute approximate surface area is 166 Å². The first-order valence-corrected chi connectivity index (χ1v) is 12.2. The summed E-state index contributed by atoms with van der Waals surface area (Å²) in [6.45, 7) is 1.07. The Morgan fingerprint density at radius 1 is 1.11 bits per heavy atom. The highest BCUT2D eigenvalue weighted by Crippen LogP contribution is 2.61. The van der Waals surface area contributed by atoms with Crippen LogP contribution in [0.5, 0.6) is 0 Å². The van der Waals surface area contributed by atoms with Gasteiger partial charge < -0.3 is 9.47 Å². The van der Waals surface area contributed by atoms with Gasteiger partial charge in [0.2, 0.25) is 20.9 Å². The zero-order valence-electron chi connectivity index (χ0n) is 16.6. The quantitative estimate of drug-likeness (QED) is 0.765. The van der Waals surface area contributed by atoms with Crippen LogP contribution < -0.4 is 0 Å². The Balaban J connectivity index is 1.22. The average Bonchev–Trinajstić information content (AvgIpc) is 3.07. The summed E-state index contributed by atoms with van der Waals surface area (Å²) in [4.78, 5) is 15.0. The SMILES string of the molecule is Cn1cnnc1S(=O)(=O)C1CCN(C(=O)CC23CC4CC(CC(C4)C2)C3)CC1. The summed E-state index contributed by atoms with van der Waals surface area (Å²) in [7, 11) is -1.84. The highest BCUT2D eigenvalue weighted by molar-refractivity contribution is 7.91. The average molecular weight is 407 g/mol. The molecule has 2 heterocycles. The second-order valence-electron chi connectivity index (χ2n) is 9.94. The number of likely N-dealkylation sites (tertiary alicyclic amines) is 1. The topological polar surface area (TPSA) is 85.2 Å². The third-order valence-corrected chi connectivity index (χ3v) is 10.1. The summed E-state index contributed by atoms with van der Waals surface area (Å²) in [5.41, 5.74) is 0.243. The largest absolute Gasteiger partial charge is 0.343 e. The molecule has 4 saturated carbocycles. The molecule has 0 unspecified atom stereocenters. The van der Waals surface area contributed by atoms with E-state index in [0.29, 0.717) is 32.4 Å². The number of piperidine rings is 1. The van der Waals surface area contributed by atoms with E-state index in [-0.39, 0.29) is 16.5 Å². The normalized spacial score (nSPS) is 35.5. The second-order valence-corrected chi connectivity index (χ2v) is 12.1. The first kappa shape index (κ1) is 18.6. The molecule has 4 bridgehead atoms. The fraction of sp³-hybridized carbons (Fsp3) is 0.850. The molecule has 0 aromatic carbocycles. The van der Waals surface area contributed by atoms with Crippen molar-refractivity contribution in [2.75, 3.05) is 13.1 Å². The summed E-state index contributed by atoms with van der Waals surface area (Å²) >= 11 is 0. The summed E-state index contributed by atoms with van der Waals surface area (Å²) < 4.78 is 27.1. The highest BCUT2D eigenvalue weighted by Gasteiger charge is 2.52. The van der Waals surface area contributed by atoms with Gasteiger partial charge in [-0.05, 0) is 74.5 Å². The van der Waals surface area contributed by atoms with Gasteiger partial charge in [-0.15, -0.1) is 10.2 Å². The van der Waals surface area contributed by atoms with Gasteiger partial charge in [-0.25, -0.2) is 8.42 Å². The maximum Gasteiger partial charge on any atom is 0.249 e. The van der Waals surface area contributed by atoms with Gasteiger partial charge in [0.05, 0.1) is 5.25 Å². The van der Waals surface area contributed by atoms with Gasteiger partial charge in [0.15, 0.2) is 0 Å². The van der Waals surface area contributed by atoms with E-state index in [9.17, 15) is 13.2 Å². The monoisotopic (exact) mass is 406 g/mol. The Morgan fingerprint density at radius 3 is 2.18 bits per heavy atom. The van der Waals surface area contributed by atoms with E-state index in [0.717, 1.165) is 17.8 Å². The van der Waals surface area contributed by atoms with Crippen molar-refractivity contribution in [1.29, 1.82) is 0 Å². The molecule has 0 atom stereocenters. The van der Waals surface area contributed by atoms with E-state index in [2.05, 4.69) is 10.2 Å². The number of hydrogen-bond donors (Lipinski definition) is 0. The van der Waals surface area contributed by atoms with Crippen molar-refractivity contribution in [3.05, 3.63) is 6.33 Å². The smallest absolute Gasteiger partial charge is 0.249 e. The van der Waals surface area contributed by atoms with E-state index in [1.165, 1.54) is 49.4 Å². The van der Waals surface area contributed by atoms with Crippen molar-refractivity contribution in [3.63, 3.8) is 0 Å². The zero-order chi connectivity index (χ0) is 19.5. The minimum Gasteiger partial charge on any atom is -0.343 e. The van der Waals surface area contributed by atoms with Crippen molar-refractivity contribution < 1.29 is 13.2 Å². The van der Waals surface area contributed by atoms with Crippen molar-refractivity contribution >= 4 is 15.7 Å². The minimum atomic E-state index is -3.49. The fourth-order valence-corrected chi connectivity index (χ4v) is 8.77. The van der Waals surface area contributed by atoms with Crippen molar-refractivity contribution in [2.24, 2.45) is 30.2 Å². The highest BCUT2D eigenvalue weighted by atomic mass is 32.2. The van der Waals surface area contributed by atoms with Crippen LogP contribution in [-0.4, -0.2) is 52.3 Å². The van der Waals surface area contributed by atoms with Crippen molar-refractivity contribution in [3.8, 4) is 0 Å². The number of rotatable bonds is 4. The van der Waals surface area contributed by atoms with Gasteiger partial charge in [0.1, 0.15) is 6.33 Å². The predicted molar refractivity (Wildman–Crippen MR) is 103 cm³/mol. The summed E-state index contributed by atoms with van der Waals surface area (Å²) in [6, 6.07) is 0. The third-order valence-electron chi connectivity index (χ3n) is 7.85. The van der Waals surface area contributed by atoms with Crippen LogP contribution in [0.15, 0.2) is 11.5 Å². The lowest BCUT2D eigenvalue weighted by Gasteiger charge is -2.57. The van der Waals surface area contributed by atoms with E-state index in [1.54, 1.807) is 7.05 Å². The molecule has 5 aliphatic rings. The van der Waals surface area contributed by atoms with Crippen LogP contribution >= 0.6 is 0 Å². The molecule has 1 aromatic rings. The van der Waals surface area contributed by atoms with Gasteiger partial charge >= 0.3 is 0 Å². The van der Waals surface area contributed by atoms with E-state index < -0.39 is 15.1 Å². The van der Waals surface area contributed by atoms with Crippen molar-refractivity contribution in [1.82, 2.24) is 19.7 Å². The van der Waals surface area contributed by atoms with Crippen LogP contribution in [-0.2, 0) is 21.7 Å². The molecule has 1 aliphatic heterocycles. The number of carbonyl (C=O) groups is 1. The Bertz CT molecular complexity index is 834. The van der Waals surface area contributed by atoms with Gasteiger partial charge in [0, 0.05) is 26.6 Å². The fourth-order valence-electron chi connectivity index (χ4n) is 7.03. The molecule has 1 saturated heterocycles. The lowest BCUT2D eigenvalue weighted by atomic mass is 9.49. The molecule has 1 aromatic heterocycles. The number of nitrogens with zero attached hydrogens (tertiary/aromatic N) is 4. The Hall–Kier alpha value is -1.44. The van der Waals surface area contributed by atoms with Crippen molar-refractivity contribution in [2.45, 2.75) is 68.2 Å². The minimum absolute atomic E-state index is 0.0332. The number of carbonyl (C=O) groups excluding carboxylic acids is 1. The van der Waals surface area contributed by atoms with Crippen LogP contribution in [0.3, 0.4) is 0 Å². The maximum atomic E-state index is 13.1. The van der Waals surface area contributed by atoms with Crippen LogP contribution in [0.4, 0.5) is 0 Å². The first-order chi connectivity index (χ1) is 13.3. The van der Waals surface area contributed by atoms with Gasteiger partial charge in [-0.2, -0.15) is 0 Å². The second kappa shape index (κ2) is 6.54. The molecule has 28 heavy (non-hydrogen) atoms. The van der Waals surface area contributed by atoms with E-state index in [1.807, 2.05) is 4.90 Å². The lowest BCUT2D eigenvalue weighted by molar-refractivity contribution is -0.140. The number of sulfone groups is 1. The summed E-state index contributed by atoms with van der Waals surface area (Å²) in [5, 5.41) is 7.04. The van der Waals surface area contributed by atoms with Gasteiger partial charge in [-0.1, -0.05) is 0 Å². The molecule has 0 N–H and O–H groups in total. The molecular formula is C20H30N4O3S. The molecule has 0 spiro atoms. The number of aryl methyl sites for hydroxylation is 1. The molecule has 1 amide bonds. The maximum absolute atomic E-state index is 13.1. The number of hydrogen-bond acceptors (Lipinski definition) is 5. The standard InChI is InChI=1S/C20H30N4O3S/c1-23-13-21-22-19(23)28(26,27)17-2-4-24(5-3-17)18(25)12-20-9-14-6-15(10-20)8-16(7-14)11-20/h13-17H,2-12H2,1H3. The molecular weight excluding hydrogens is 376 g/mol. The molecule has 6 rings (SSSR count). The molecule has 8 heteroatoms. The molecule has 4 aliphatic carbocycles. The van der Waals surface area contributed by atoms with Crippen LogP contribution in [0.25, 0.3) is 0 Å². The van der Waals surface area contributed by atoms with Crippen LogP contribution in [0.1, 0.15) is 57.8 Å². The van der Waals surface area contributed by atoms with Gasteiger partial charge in [-0.3, -0.25) is 4.79 Å². The Morgan fingerprint density at radius 2 is 1.68 bits per heavy atom. The molecule has 0 radical (unpaired) electrons. The van der Waals surface area contributed by atoms with Crippen LogP contribution in [0.2, 0.25) is 0 Å². The van der Waals surface area contributed by atoms with E-state index >= 15 is 0 Å². The molecule has 7 nitrogen and oxygen atoms in total. The molecule has 154 valence electrons. The number of aromatic nitrogens is 3. The molecule has 5 fully saturated rings. The van der Waals surface area contributed by atoms with Gasteiger partial charge in [0.25, 0.3) is 0 Å². The predicted octanol–water partition coefficient (Wildman–Crippen LogP) is 2.19. The van der Waals surface area contributed by atoms with Crippen LogP contribution in [0, 0.1) is 23.2 Å². The van der Waals surface area contributed by atoms with E-state index in [4.69, 9.17) is 0 Å². The summed E-state index contributed by atoms with van der Waals surface area (Å²) in [6.07, 6.45) is 10.9. The Kier molecular flexibility index (Phi) is 4.34. The summed E-state index contributed by atoms with van der Waals surface area (Å²) in [5.74, 6) is 2.79. The number of amides is 1.